The van der Waals surface area contributed by atoms with Gasteiger partial charge in [0.1, 0.15) is 0 Å². The predicted molar refractivity (Wildman–Crippen MR) is 92.7 cm³/mol. The van der Waals surface area contributed by atoms with Crippen LogP contribution in [0.15, 0.2) is 18.2 Å². The smallest absolute Gasteiger partial charge is 0.253 e. The minimum atomic E-state index is -0.350. The van der Waals surface area contributed by atoms with Crippen molar-refractivity contribution >= 4 is 5.91 Å². The summed E-state index contributed by atoms with van der Waals surface area (Å²) in [5.74, 6) is 0.0979. The van der Waals surface area contributed by atoms with E-state index in [-0.39, 0.29) is 17.4 Å². The summed E-state index contributed by atoms with van der Waals surface area (Å²) in [6, 6.07) is 5.89. The van der Waals surface area contributed by atoms with Crippen LogP contribution < -0.4 is 0 Å². The number of hydrogen-bond donors (Lipinski definition) is 1. The fourth-order valence-corrected chi connectivity index (χ4v) is 3.14. The molecule has 0 radical (unpaired) electrons. The summed E-state index contributed by atoms with van der Waals surface area (Å²) in [6.07, 6.45) is -0.350. The van der Waals surface area contributed by atoms with E-state index >= 15 is 0 Å². The van der Waals surface area contributed by atoms with Gasteiger partial charge in [-0.3, -0.25) is 9.69 Å². The molecule has 1 atom stereocenters. The summed E-state index contributed by atoms with van der Waals surface area (Å²) < 4.78 is 5.42. The Morgan fingerprint density at radius 3 is 2.50 bits per heavy atom. The van der Waals surface area contributed by atoms with Gasteiger partial charge in [-0.1, -0.05) is 26.8 Å². The second kappa shape index (κ2) is 6.82. The fraction of sp³-hybridized carbons (Fsp3) is 0.632. The Morgan fingerprint density at radius 2 is 1.83 bits per heavy atom. The van der Waals surface area contributed by atoms with Gasteiger partial charge >= 0.3 is 0 Å². The van der Waals surface area contributed by atoms with Crippen LogP contribution >= 0.6 is 0 Å². The van der Waals surface area contributed by atoms with Crippen molar-refractivity contribution < 1.29 is 14.6 Å². The first-order valence-electron chi connectivity index (χ1n) is 8.74. The van der Waals surface area contributed by atoms with Crippen LogP contribution in [0.25, 0.3) is 0 Å². The molecule has 24 heavy (non-hydrogen) atoms. The molecule has 1 saturated heterocycles. The zero-order valence-electron chi connectivity index (χ0n) is 14.9. The van der Waals surface area contributed by atoms with E-state index < -0.39 is 0 Å². The summed E-state index contributed by atoms with van der Waals surface area (Å²) in [5, 5.41) is 10.2. The standard InChI is InChI=1S/C19H28N2O3/c1-19(2,3)17(22)11-20-6-8-21(9-7-20)18(23)14-4-5-15-12-24-13-16(15)10-14/h4-5,10,17,22H,6-9,11-13H2,1-3H3/t17-/m1/s1. The van der Waals surface area contributed by atoms with Crippen LogP contribution in [0.2, 0.25) is 0 Å². The van der Waals surface area contributed by atoms with E-state index in [2.05, 4.69) is 25.7 Å². The molecule has 5 heteroatoms. The van der Waals surface area contributed by atoms with E-state index in [9.17, 15) is 9.90 Å². The number of amides is 1. The third kappa shape index (κ3) is 3.79. The topological polar surface area (TPSA) is 53.0 Å². The van der Waals surface area contributed by atoms with Gasteiger partial charge in [0, 0.05) is 38.3 Å². The van der Waals surface area contributed by atoms with Gasteiger partial charge in [-0.15, -0.1) is 0 Å². The van der Waals surface area contributed by atoms with E-state index in [1.165, 1.54) is 5.56 Å². The first kappa shape index (κ1) is 17.4. The number of aliphatic hydroxyl groups excluding tert-OH is 1. The molecule has 0 aromatic heterocycles. The lowest BCUT2D eigenvalue weighted by Crippen LogP contribution is -2.51. The van der Waals surface area contributed by atoms with Gasteiger partial charge in [-0.05, 0) is 28.7 Å². The zero-order valence-corrected chi connectivity index (χ0v) is 14.9. The lowest BCUT2D eigenvalue weighted by Gasteiger charge is -2.38. The number of hydrogen-bond acceptors (Lipinski definition) is 4. The van der Waals surface area contributed by atoms with Gasteiger partial charge < -0.3 is 14.7 Å². The van der Waals surface area contributed by atoms with Crippen molar-refractivity contribution in [3.05, 3.63) is 34.9 Å². The highest BCUT2D eigenvalue weighted by atomic mass is 16.5. The molecule has 3 rings (SSSR count). The van der Waals surface area contributed by atoms with Crippen molar-refractivity contribution in [2.45, 2.75) is 40.1 Å². The average Bonchev–Trinajstić information content (AvgIpc) is 3.01. The summed E-state index contributed by atoms with van der Waals surface area (Å²) in [6.45, 7) is 11.1. The molecular formula is C19H28N2O3. The Hall–Kier alpha value is -1.43. The SMILES string of the molecule is CC(C)(C)[C@H](O)CN1CCN(C(=O)c2ccc3c(c2)COC3)CC1. The molecule has 5 nitrogen and oxygen atoms in total. The van der Waals surface area contributed by atoms with E-state index in [4.69, 9.17) is 4.74 Å². The number of carbonyl (C=O) groups excluding carboxylic acids is 1. The Kier molecular flexibility index (Phi) is 4.95. The molecule has 132 valence electrons. The monoisotopic (exact) mass is 332 g/mol. The zero-order chi connectivity index (χ0) is 17.3. The van der Waals surface area contributed by atoms with Crippen molar-refractivity contribution in [2.75, 3.05) is 32.7 Å². The van der Waals surface area contributed by atoms with Crippen LogP contribution in [-0.2, 0) is 18.0 Å². The number of fused-ring (bicyclic) bond motifs is 1. The third-order valence-electron chi connectivity index (χ3n) is 5.06. The predicted octanol–water partition coefficient (Wildman–Crippen LogP) is 1.88. The summed E-state index contributed by atoms with van der Waals surface area (Å²) >= 11 is 0. The average molecular weight is 332 g/mol. The highest BCUT2D eigenvalue weighted by Crippen LogP contribution is 2.23. The van der Waals surface area contributed by atoms with Gasteiger partial charge in [-0.2, -0.15) is 0 Å². The van der Waals surface area contributed by atoms with Crippen molar-refractivity contribution in [2.24, 2.45) is 5.41 Å². The molecule has 1 fully saturated rings. The quantitative estimate of drug-likeness (QED) is 0.918. The van der Waals surface area contributed by atoms with Gasteiger partial charge in [0.2, 0.25) is 0 Å². The van der Waals surface area contributed by atoms with Crippen LogP contribution in [0.3, 0.4) is 0 Å². The molecule has 2 heterocycles. The largest absolute Gasteiger partial charge is 0.391 e. The lowest BCUT2D eigenvalue weighted by atomic mass is 9.89. The molecule has 2 aliphatic heterocycles. The number of rotatable bonds is 3. The van der Waals surface area contributed by atoms with Crippen molar-refractivity contribution in [3.8, 4) is 0 Å². The molecule has 1 aromatic carbocycles. The molecule has 0 unspecified atom stereocenters. The maximum Gasteiger partial charge on any atom is 0.253 e. The normalized spacial score (nSPS) is 20.1. The first-order chi connectivity index (χ1) is 11.3. The number of nitrogens with zero attached hydrogens (tertiary/aromatic N) is 2. The van der Waals surface area contributed by atoms with Crippen LogP contribution in [0.5, 0.6) is 0 Å². The number of aliphatic hydroxyl groups is 1. The Labute approximate surface area is 144 Å². The second-order valence-electron chi connectivity index (χ2n) is 7.95. The van der Waals surface area contributed by atoms with Gasteiger partial charge in [-0.25, -0.2) is 0 Å². The van der Waals surface area contributed by atoms with E-state index in [1.807, 2.05) is 23.1 Å². The number of benzene rings is 1. The molecule has 0 saturated carbocycles. The second-order valence-corrected chi connectivity index (χ2v) is 7.95. The van der Waals surface area contributed by atoms with E-state index in [0.717, 1.165) is 24.2 Å². The molecule has 2 aliphatic rings. The Bertz CT molecular complexity index is 601. The minimum absolute atomic E-state index is 0.0979. The molecule has 0 spiro atoms. The summed E-state index contributed by atoms with van der Waals surface area (Å²) in [4.78, 5) is 16.9. The van der Waals surface area contributed by atoms with E-state index in [0.29, 0.717) is 32.8 Å². The molecule has 0 aliphatic carbocycles. The number of carbonyl (C=O) groups is 1. The Balaban J connectivity index is 1.56. The summed E-state index contributed by atoms with van der Waals surface area (Å²) in [5.41, 5.74) is 2.96. The van der Waals surface area contributed by atoms with E-state index in [1.54, 1.807) is 0 Å². The highest BCUT2D eigenvalue weighted by Gasteiger charge is 2.28. The summed E-state index contributed by atoms with van der Waals surface area (Å²) in [7, 11) is 0. The van der Waals surface area contributed by atoms with Crippen LogP contribution in [-0.4, -0.2) is 59.6 Å². The van der Waals surface area contributed by atoms with Gasteiger partial charge in [0.25, 0.3) is 5.91 Å². The first-order valence-corrected chi connectivity index (χ1v) is 8.74. The fourth-order valence-electron chi connectivity index (χ4n) is 3.14. The number of piperazine rings is 1. The molecule has 1 N–H and O–H groups in total. The van der Waals surface area contributed by atoms with Crippen molar-refractivity contribution in [3.63, 3.8) is 0 Å². The van der Waals surface area contributed by atoms with Crippen molar-refractivity contribution in [1.82, 2.24) is 9.80 Å². The Morgan fingerprint density at radius 1 is 1.17 bits per heavy atom. The molecular weight excluding hydrogens is 304 g/mol. The molecule has 1 amide bonds. The minimum Gasteiger partial charge on any atom is -0.391 e. The maximum absolute atomic E-state index is 12.7. The molecule has 1 aromatic rings. The van der Waals surface area contributed by atoms with Gasteiger partial charge in [0.05, 0.1) is 19.3 Å². The maximum atomic E-state index is 12.7. The van der Waals surface area contributed by atoms with Crippen LogP contribution in [0, 0.1) is 5.41 Å². The van der Waals surface area contributed by atoms with Crippen LogP contribution in [0.1, 0.15) is 42.3 Å². The lowest BCUT2D eigenvalue weighted by molar-refractivity contribution is 0.0137. The third-order valence-corrected chi connectivity index (χ3v) is 5.06. The number of β-amino-alcohol motifs (C(OH)–C–C–N with tert-alkyl or cyclic N) is 1. The van der Waals surface area contributed by atoms with Crippen molar-refractivity contribution in [1.29, 1.82) is 0 Å². The molecule has 0 bridgehead atoms. The van der Waals surface area contributed by atoms with Crippen LogP contribution in [0.4, 0.5) is 0 Å². The van der Waals surface area contributed by atoms with Gasteiger partial charge in [0.15, 0.2) is 0 Å². The number of ether oxygens (including phenoxy) is 1. The highest BCUT2D eigenvalue weighted by molar-refractivity contribution is 5.94.